The standard InChI is InChI=1S/C15H19Cl2NO/c1-2-6-15(7-3-8-18-15)14(19)10-11-9-12(16)4-5-13(11)17/h4-5,9,18H,2-3,6-8,10H2,1H3. The maximum atomic E-state index is 12.6. The van der Waals surface area contributed by atoms with Crippen molar-refractivity contribution < 1.29 is 4.79 Å². The zero-order valence-corrected chi connectivity index (χ0v) is 12.7. The maximum Gasteiger partial charge on any atom is 0.157 e. The lowest BCUT2D eigenvalue weighted by atomic mass is 9.84. The number of ketones is 1. The van der Waals surface area contributed by atoms with Crippen LogP contribution in [0.15, 0.2) is 18.2 Å². The third-order valence-electron chi connectivity index (χ3n) is 3.81. The highest BCUT2D eigenvalue weighted by Crippen LogP contribution is 2.29. The van der Waals surface area contributed by atoms with Crippen LogP contribution in [-0.4, -0.2) is 17.9 Å². The van der Waals surface area contributed by atoms with Gasteiger partial charge in [-0.25, -0.2) is 0 Å². The Bertz CT molecular complexity index is 467. The van der Waals surface area contributed by atoms with E-state index < -0.39 is 0 Å². The highest BCUT2D eigenvalue weighted by molar-refractivity contribution is 6.33. The molecule has 2 nitrogen and oxygen atoms in total. The van der Waals surface area contributed by atoms with Crippen LogP contribution in [0.3, 0.4) is 0 Å². The van der Waals surface area contributed by atoms with Crippen molar-refractivity contribution in [2.75, 3.05) is 6.54 Å². The molecular formula is C15H19Cl2NO. The highest BCUT2D eigenvalue weighted by Gasteiger charge is 2.39. The van der Waals surface area contributed by atoms with E-state index in [1.807, 2.05) is 0 Å². The molecule has 1 saturated heterocycles. The number of nitrogens with one attached hydrogen (secondary N) is 1. The summed E-state index contributed by atoms with van der Waals surface area (Å²) in [6.07, 6.45) is 4.24. The molecule has 4 heteroatoms. The van der Waals surface area contributed by atoms with Gasteiger partial charge in [-0.15, -0.1) is 0 Å². The molecule has 0 aliphatic carbocycles. The minimum absolute atomic E-state index is 0.232. The third-order valence-corrected chi connectivity index (χ3v) is 4.42. The Balaban J connectivity index is 2.17. The molecule has 0 radical (unpaired) electrons. The largest absolute Gasteiger partial charge is 0.305 e. The molecule has 1 aromatic rings. The lowest BCUT2D eigenvalue weighted by molar-refractivity contribution is -0.124. The van der Waals surface area contributed by atoms with Crippen molar-refractivity contribution in [1.29, 1.82) is 0 Å². The van der Waals surface area contributed by atoms with Gasteiger partial charge >= 0.3 is 0 Å². The fourth-order valence-corrected chi connectivity index (χ4v) is 3.22. The van der Waals surface area contributed by atoms with E-state index in [0.29, 0.717) is 16.5 Å². The summed E-state index contributed by atoms with van der Waals surface area (Å²) in [5.74, 6) is 0.232. The van der Waals surface area contributed by atoms with Crippen molar-refractivity contribution in [3.63, 3.8) is 0 Å². The van der Waals surface area contributed by atoms with Crippen LogP contribution in [0.5, 0.6) is 0 Å². The SMILES string of the molecule is CCCC1(C(=O)Cc2cc(Cl)ccc2Cl)CCCN1. The van der Waals surface area contributed by atoms with E-state index in [1.54, 1.807) is 18.2 Å². The zero-order valence-electron chi connectivity index (χ0n) is 11.1. The molecule has 0 aromatic heterocycles. The minimum atomic E-state index is -0.347. The summed E-state index contributed by atoms with van der Waals surface area (Å²) in [6, 6.07) is 5.28. The number of benzene rings is 1. The summed E-state index contributed by atoms with van der Waals surface area (Å²) < 4.78 is 0. The normalized spacial score (nSPS) is 22.7. The first-order valence-electron chi connectivity index (χ1n) is 6.79. The molecule has 0 spiro atoms. The van der Waals surface area contributed by atoms with Gasteiger partial charge in [0.2, 0.25) is 0 Å². The van der Waals surface area contributed by atoms with Crippen LogP contribution in [0.4, 0.5) is 0 Å². The van der Waals surface area contributed by atoms with Crippen LogP contribution in [-0.2, 0) is 11.2 Å². The molecule has 1 aromatic carbocycles. The lowest BCUT2D eigenvalue weighted by Gasteiger charge is -2.28. The van der Waals surface area contributed by atoms with Crippen molar-refractivity contribution in [3.05, 3.63) is 33.8 Å². The van der Waals surface area contributed by atoms with Crippen molar-refractivity contribution in [1.82, 2.24) is 5.32 Å². The third kappa shape index (κ3) is 3.31. The molecule has 104 valence electrons. The molecule has 1 N–H and O–H groups in total. The first kappa shape index (κ1) is 14.8. The average molecular weight is 300 g/mol. The quantitative estimate of drug-likeness (QED) is 0.889. The van der Waals surface area contributed by atoms with Gasteiger partial charge in [0, 0.05) is 16.5 Å². The van der Waals surface area contributed by atoms with Crippen molar-refractivity contribution >= 4 is 29.0 Å². The number of carbonyl (C=O) groups excluding carboxylic acids is 1. The van der Waals surface area contributed by atoms with Crippen LogP contribution in [0.25, 0.3) is 0 Å². The molecule has 1 fully saturated rings. The van der Waals surface area contributed by atoms with Gasteiger partial charge in [0.15, 0.2) is 5.78 Å². The molecule has 1 aliphatic rings. The number of rotatable bonds is 5. The fourth-order valence-electron chi connectivity index (χ4n) is 2.84. The van der Waals surface area contributed by atoms with Gasteiger partial charge in [0.25, 0.3) is 0 Å². The molecule has 1 aliphatic heterocycles. The summed E-state index contributed by atoms with van der Waals surface area (Å²) in [5, 5.41) is 4.63. The number of hydrogen-bond acceptors (Lipinski definition) is 2. The number of carbonyl (C=O) groups is 1. The average Bonchev–Trinajstić information content (AvgIpc) is 2.84. The molecular weight excluding hydrogens is 281 g/mol. The summed E-state index contributed by atoms with van der Waals surface area (Å²) in [4.78, 5) is 12.6. The summed E-state index contributed by atoms with van der Waals surface area (Å²) in [6.45, 7) is 3.04. The van der Waals surface area contributed by atoms with E-state index in [2.05, 4.69) is 12.2 Å². The molecule has 1 heterocycles. The van der Waals surface area contributed by atoms with E-state index in [-0.39, 0.29) is 11.3 Å². The van der Waals surface area contributed by atoms with Gasteiger partial charge in [-0.3, -0.25) is 4.79 Å². The van der Waals surface area contributed by atoms with E-state index in [0.717, 1.165) is 37.8 Å². The topological polar surface area (TPSA) is 29.1 Å². The predicted molar refractivity (Wildman–Crippen MR) is 80.0 cm³/mol. The zero-order chi connectivity index (χ0) is 13.9. The predicted octanol–water partition coefficient (Wildman–Crippen LogP) is 4.03. The fraction of sp³-hybridized carbons (Fsp3) is 0.533. The smallest absolute Gasteiger partial charge is 0.157 e. The second-order valence-electron chi connectivity index (χ2n) is 5.20. The molecule has 1 atom stereocenters. The maximum absolute atomic E-state index is 12.6. The number of hydrogen-bond donors (Lipinski definition) is 1. The highest BCUT2D eigenvalue weighted by atomic mass is 35.5. The molecule has 2 rings (SSSR count). The van der Waals surface area contributed by atoms with E-state index in [9.17, 15) is 4.79 Å². The van der Waals surface area contributed by atoms with E-state index in [1.165, 1.54) is 0 Å². The Labute approximate surface area is 124 Å². The van der Waals surface area contributed by atoms with Crippen LogP contribution in [0, 0.1) is 0 Å². The van der Waals surface area contributed by atoms with Crippen molar-refractivity contribution in [2.45, 2.75) is 44.6 Å². The molecule has 0 saturated carbocycles. The Kier molecular flexibility index (Phi) is 4.88. The lowest BCUT2D eigenvalue weighted by Crippen LogP contribution is -2.48. The molecule has 19 heavy (non-hydrogen) atoms. The second kappa shape index (κ2) is 6.25. The van der Waals surface area contributed by atoms with Crippen LogP contribution >= 0.6 is 23.2 Å². The first-order valence-corrected chi connectivity index (χ1v) is 7.55. The Morgan fingerprint density at radius 1 is 1.42 bits per heavy atom. The summed E-state index contributed by atoms with van der Waals surface area (Å²) in [5.41, 5.74) is 0.476. The van der Waals surface area contributed by atoms with Crippen molar-refractivity contribution in [2.24, 2.45) is 0 Å². The van der Waals surface area contributed by atoms with E-state index in [4.69, 9.17) is 23.2 Å². The van der Waals surface area contributed by atoms with Crippen LogP contribution < -0.4 is 5.32 Å². The number of halogens is 2. The van der Waals surface area contributed by atoms with Gasteiger partial charge in [-0.05, 0) is 49.6 Å². The van der Waals surface area contributed by atoms with Gasteiger partial charge in [-0.1, -0.05) is 36.5 Å². The first-order chi connectivity index (χ1) is 9.07. The number of Topliss-reactive ketones (excluding diaryl/α,β-unsaturated/α-hetero) is 1. The Hall–Kier alpha value is -0.570. The summed E-state index contributed by atoms with van der Waals surface area (Å²) in [7, 11) is 0. The Morgan fingerprint density at radius 3 is 2.84 bits per heavy atom. The molecule has 0 amide bonds. The molecule has 1 unspecified atom stereocenters. The van der Waals surface area contributed by atoms with Gasteiger partial charge in [-0.2, -0.15) is 0 Å². The second-order valence-corrected chi connectivity index (χ2v) is 6.04. The minimum Gasteiger partial charge on any atom is -0.305 e. The van der Waals surface area contributed by atoms with Crippen LogP contribution in [0.1, 0.15) is 38.2 Å². The van der Waals surface area contributed by atoms with E-state index >= 15 is 0 Å². The van der Waals surface area contributed by atoms with Gasteiger partial charge < -0.3 is 5.32 Å². The Morgan fingerprint density at radius 2 is 2.21 bits per heavy atom. The van der Waals surface area contributed by atoms with Crippen LogP contribution in [0.2, 0.25) is 10.0 Å². The molecule has 0 bridgehead atoms. The monoisotopic (exact) mass is 299 g/mol. The van der Waals surface area contributed by atoms with Gasteiger partial charge in [0.05, 0.1) is 5.54 Å². The summed E-state index contributed by atoms with van der Waals surface area (Å²) >= 11 is 12.1. The van der Waals surface area contributed by atoms with Crippen molar-refractivity contribution in [3.8, 4) is 0 Å². The van der Waals surface area contributed by atoms with Gasteiger partial charge in [0.1, 0.15) is 0 Å².